The Balaban J connectivity index is 2.76. The number of allylic oxidation sites excluding steroid dienone is 1. The number of halogens is 2. The summed E-state index contributed by atoms with van der Waals surface area (Å²) in [7, 11) is 0. The van der Waals surface area contributed by atoms with Crippen LogP contribution in [0.25, 0.3) is 5.76 Å². The highest BCUT2D eigenvalue weighted by Gasteiger charge is 2.05. The Labute approximate surface area is 101 Å². The molecule has 16 heavy (non-hydrogen) atoms. The van der Waals surface area contributed by atoms with Crippen LogP contribution in [0.1, 0.15) is 25.3 Å². The average Bonchev–Trinajstić information content (AvgIpc) is 2.29. The second-order valence-corrected chi connectivity index (χ2v) is 3.74. The summed E-state index contributed by atoms with van der Waals surface area (Å²) < 4.78 is 18.8. The fourth-order valence-corrected chi connectivity index (χ4v) is 1.38. The second-order valence-electron chi connectivity index (χ2n) is 3.34. The summed E-state index contributed by atoms with van der Waals surface area (Å²) in [6, 6.07) is 4.65. The van der Waals surface area contributed by atoms with Crippen molar-refractivity contribution in [3.05, 3.63) is 47.6 Å². The van der Waals surface area contributed by atoms with Crippen LogP contribution in [0, 0.1) is 12.7 Å². The van der Waals surface area contributed by atoms with E-state index in [0.717, 1.165) is 12.8 Å². The van der Waals surface area contributed by atoms with Gasteiger partial charge < -0.3 is 4.74 Å². The highest BCUT2D eigenvalue weighted by Crippen LogP contribution is 2.22. The highest BCUT2D eigenvalue weighted by molar-refractivity contribution is 6.30. The SMILES string of the molecule is [CH2]CCCOC(=CC)c1ccc(Cl)c(F)c1. The van der Waals surface area contributed by atoms with Crippen molar-refractivity contribution >= 4 is 17.4 Å². The third kappa shape index (κ3) is 3.53. The Hall–Kier alpha value is -1.02. The largest absolute Gasteiger partial charge is 0.493 e. The minimum atomic E-state index is -0.431. The van der Waals surface area contributed by atoms with E-state index in [4.69, 9.17) is 16.3 Å². The van der Waals surface area contributed by atoms with Crippen molar-refractivity contribution in [3.63, 3.8) is 0 Å². The molecule has 0 aliphatic carbocycles. The first-order chi connectivity index (χ1) is 7.69. The zero-order valence-electron chi connectivity index (χ0n) is 9.30. The van der Waals surface area contributed by atoms with Gasteiger partial charge in [0.2, 0.25) is 0 Å². The van der Waals surface area contributed by atoms with Crippen LogP contribution in [0.15, 0.2) is 24.3 Å². The van der Waals surface area contributed by atoms with Gasteiger partial charge in [0.15, 0.2) is 0 Å². The third-order valence-electron chi connectivity index (χ3n) is 2.12. The number of benzene rings is 1. The monoisotopic (exact) mass is 241 g/mol. The predicted octanol–water partition coefficient (Wildman–Crippen LogP) is 4.47. The van der Waals surface area contributed by atoms with Gasteiger partial charge in [-0.1, -0.05) is 24.9 Å². The van der Waals surface area contributed by atoms with Crippen LogP contribution in [0.5, 0.6) is 0 Å². The normalized spacial score (nSPS) is 11.6. The minimum Gasteiger partial charge on any atom is -0.493 e. The molecule has 0 N–H and O–H groups in total. The van der Waals surface area contributed by atoms with Gasteiger partial charge in [-0.05, 0) is 37.6 Å². The number of rotatable bonds is 5. The lowest BCUT2D eigenvalue weighted by Crippen LogP contribution is -1.95. The minimum absolute atomic E-state index is 0.122. The molecule has 1 aromatic carbocycles. The third-order valence-corrected chi connectivity index (χ3v) is 2.42. The van der Waals surface area contributed by atoms with E-state index in [1.165, 1.54) is 12.1 Å². The summed E-state index contributed by atoms with van der Waals surface area (Å²) in [5.74, 6) is 0.239. The number of ether oxygens (including phenoxy) is 1. The van der Waals surface area contributed by atoms with Crippen molar-refractivity contribution in [1.29, 1.82) is 0 Å². The standard InChI is InChI=1S/C13H15ClFO/c1-3-5-8-16-13(4-2)10-6-7-11(14)12(15)9-10/h4,6-7,9H,1,3,5,8H2,2H3. The molecule has 0 spiro atoms. The molecule has 0 saturated carbocycles. The summed E-state index contributed by atoms with van der Waals surface area (Å²) in [4.78, 5) is 0. The van der Waals surface area contributed by atoms with Crippen molar-refractivity contribution in [2.45, 2.75) is 19.8 Å². The Bertz CT molecular complexity index is 374. The summed E-state index contributed by atoms with van der Waals surface area (Å²) in [6.45, 7) is 6.17. The van der Waals surface area contributed by atoms with E-state index in [2.05, 4.69) is 6.92 Å². The molecule has 0 aromatic heterocycles. The molecule has 0 bridgehead atoms. The van der Waals surface area contributed by atoms with Gasteiger partial charge in [0, 0.05) is 5.56 Å². The van der Waals surface area contributed by atoms with Crippen LogP contribution < -0.4 is 0 Å². The van der Waals surface area contributed by atoms with Gasteiger partial charge in [0.05, 0.1) is 11.6 Å². The number of hydrogen-bond donors (Lipinski definition) is 0. The lowest BCUT2D eigenvalue weighted by molar-refractivity contribution is 0.272. The van der Waals surface area contributed by atoms with Crippen molar-refractivity contribution in [1.82, 2.24) is 0 Å². The Morgan fingerprint density at radius 2 is 2.31 bits per heavy atom. The fraction of sp³-hybridized carbons (Fsp3) is 0.308. The van der Waals surface area contributed by atoms with E-state index in [0.29, 0.717) is 17.9 Å². The van der Waals surface area contributed by atoms with Crippen LogP contribution in [0.4, 0.5) is 4.39 Å². The van der Waals surface area contributed by atoms with Crippen molar-refractivity contribution < 1.29 is 9.13 Å². The summed E-state index contributed by atoms with van der Waals surface area (Å²) in [5, 5.41) is 0.122. The summed E-state index contributed by atoms with van der Waals surface area (Å²) in [6.07, 6.45) is 3.52. The molecular formula is C13H15ClFO. The Morgan fingerprint density at radius 1 is 1.56 bits per heavy atom. The molecule has 0 amide bonds. The molecule has 0 saturated heterocycles. The van der Waals surface area contributed by atoms with E-state index in [1.807, 2.05) is 13.0 Å². The van der Waals surface area contributed by atoms with E-state index < -0.39 is 5.82 Å². The lowest BCUT2D eigenvalue weighted by Gasteiger charge is -2.10. The van der Waals surface area contributed by atoms with Crippen LogP contribution in [0.3, 0.4) is 0 Å². The molecule has 0 heterocycles. The first-order valence-corrected chi connectivity index (χ1v) is 5.60. The van der Waals surface area contributed by atoms with Gasteiger partial charge in [-0.3, -0.25) is 0 Å². The van der Waals surface area contributed by atoms with Crippen molar-refractivity contribution in [2.24, 2.45) is 0 Å². The fourth-order valence-electron chi connectivity index (χ4n) is 1.27. The quantitative estimate of drug-likeness (QED) is 0.546. The predicted molar refractivity (Wildman–Crippen MR) is 65.6 cm³/mol. The highest BCUT2D eigenvalue weighted by atomic mass is 35.5. The maximum absolute atomic E-state index is 13.2. The zero-order chi connectivity index (χ0) is 12.0. The van der Waals surface area contributed by atoms with Gasteiger partial charge in [-0.25, -0.2) is 4.39 Å². The topological polar surface area (TPSA) is 9.23 Å². The van der Waals surface area contributed by atoms with Crippen molar-refractivity contribution in [2.75, 3.05) is 6.61 Å². The van der Waals surface area contributed by atoms with Gasteiger partial charge in [-0.15, -0.1) is 0 Å². The smallest absolute Gasteiger partial charge is 0.142 e. The lowest BCUT2D eigenvalue weighted by atomic mass is 10.2. The molecule has 87 valence electrons. The van der Waals surface area contributed by atoms with Gasteiger partial charge >= 0.3 is 0 Å². The molecule has 0 atom stereocenters. The van der Waals surface area contributed by atoms with E-state index in [-0.39, 0.29) is 5.02 Å². The molecule has 1 nitrogen and oxygen atoms in total. The first-order valence-electron chi connectivity index (χ1n) is 5.22. The average molecular weight is 242 g/mol. The molecule has 0 unspecified atom stereocenters. The van der Waals surface area contributed by atoms with E-state index in [9.17, 15) is 4.39 Å². The van der Waals surface area contributed by atoms with Crippen LogP contribution in [-0.4, -0.2) is 6.61 Å². The second kappa shape index (κ2) is 6.54. The zero-order valence-corrected chi connectivity index (χ0v) is 10.1. The molecule has 0 aliphatic rings. The van der Waals surface area contributed by atoms with Gasteiger partial charge in [-0.2, -0.15) is 0 Å². The van der Waals surface area contributed by atoms with Crippen molar-refractivity contribution in [3.8, 4) is 0 Å². The molecular weight excluding hydrogens is 227 g/mol. The Morgan fingerprint density at radius 3 is 2.88 bits per heavy atom. The molecule has 3 heteroatoms. The van der Waals surface area contributed by atoms with E-state index >= 15 is 0 Å². The molecule has 0 fully saturated rings. The maximum Gasteiger partial charge on any atom is 0.142 e. The summed E-state index contributed by atoms with van der Waals surface area (Å²) >= 11 is 5.61. The number of unbranched alkanes of at least 4 members (excludes halogenated alkanes) is 1. The van der Waals surface area contributed by atoms with Crippen LogP contribution in [0.2, 0.25) is 5.02 Å². The molecule has 1 rings (SSSR count). The maximum atomic E-state index is 13.2. The molecule has 1 radical (unpaired) electrons. The number of hydrogen-bond acceptors (Lipinski definition) is 1. The molecule has 1 aromatic rings. The van der Waals surface area contributed by atoms with Crippen LogP contribution in [-0.2, 0) is 4.74 Å². The van der Waals surface area contributed by atoms with Crippen LogP contribution >= 0.6 is 11.6 Å². The molecule has 0 aliphatic heterocycles. The van der Waals surface area contributed by atoms with Gasteiger partial charge in [0.1, 0.15) is 11.6 Å². The van der Waals surface area contributed by atoms with Gasteiger partial charge in [0.25, 0.3) is 0 Å². The first kappa shape index (κ1) is 13.0. The summed E-state index contributed by atoms with van der Waals surface area (Å²) in [5.41, 5.74) is 0.702. The van der Waals surface area contributed by atoms with E-state index in [1.54, 1.807) is 6.07 Å². The Kier molecular flexibility index (Phi) is 5.33.